The fraction of sp³-hybridized carbons (Fsp3) is 0.727. The minimum absolute atomic E-state index is 0.0363. The Morgan fingerprint density at radius 1 is 1.59 bits per heavy atom. The van der Waals surface area contributed by atoms with Gasteiger partial charge in [0.25, 0.3) is 5.91 Å². The maximum Gasteiger partial charge on any atom is 0.291 e. The van der Waals surface area contributed by atoms with Crippen LogP contribution >= 0.6 is 0 Å². The monoisotopic (exact) mass is 238 g/mol. The van der Waals surface area contributed by atoms with Gasteiger partial charge in [0.2, 0.25) is 5.82 Å². The summed E-state index contributed by atoms with van der Waals surface area (Å²) in [5.74, 6) is 1.13. The lowest BCUT2D eigenvalue weighted by atomic mass is 10.0. The Bertz CT molecular complexity index is 409. The van der Waals surface area contributed by atoms with Gasteiger partial charge in [-0.15, -0.1) is 5.10 Å². The third-order valence-corrected chi connectivity index (χ3v) is 2.86. The zero-order chi connectivity index (χ0) is 12.5. The molecule has 1 aromatic heterocycles. The number of carbonyl (C=O) groups excluding carboxylic acids is 1. The standard InChI is InChI=1S/C11H18N4O2/c1-11(2,5-6-16)13-10(17)9-12-8(14-15-9)7-3-4-7/h7,16H,3-6H2,1-2H3,(H,13,17)(H,12,14,15). The van der Waals surface area contributed by atoms with Crippen molar-refractivity contribution in [3.8, 4) is 0 Å². The Kier molecular flexibility index (Phi) is 3.15. The number of amides is 1. The fourth-order valence-electron chi connectivity index (χ4n) is 1.62. The normalized spacial score (nSPS) is 15.9. The summed E-state index contributed by atoms with van der Waals surface area (Å²) in [6, 6.07) is 0. The first kappa shape index (κ1) is 12.0. The first-order valence-electron chi connectivity index (χ1n) is 5.87. The van der Waals surface area contributed by atoms with E-state index in [0.717, 1.165) is 18.7 Å². The molecule has 0 aromatic carbocycles. The van der Waals surface area contributed by atoms with Gasteiger partial charge in [0, 0.05) is 18.1 Å². The summed E-state index contributed by atoms with van der Waals surface area (Å²) in [7, 11) is 0. The number of carbonyl (C=O) groups is 1. The molecule has 6 nitrogen and oxygen atoms in total. The third-order valence-electron chi connectivity index (χ3n) is 2.86. The zero-order valence-electron chi connectivity index (χ0n) is 10.2. The van der Waals surface area contributed by atoms with Crippen molar-refractivity contribution < 1.29 is 9.90 Å². The van der Waals surface area contributed by atoms with E-state index in [-0.39, 0.29) is 18.3 Å². The average molecular weight is 238 g/mol. The van der Waals surface area contributed by atoms with Crippen LogP contribution in [0.25, 0.3) is 0 Å². The highest BCUT2D eigenvalue weighted by molar-refractivity contribution is 5.90. The largest absolute Gasteiger partial charge is 0.396 e. The van der Waals surface area contributed by atoms with E-state index in [9.17, 15) is 4.79 Å². The van der Waals surface area contributed by atoms with Crippen molar-refractivity contribution in [3.05, 3.63) is 11.6 Å². The van der Waals surface area contributed by atoms with Crippen LogP contribution in [0.5, 0.6) is 0 Å². The molecule has 1 aliphatic carbocycles. The Balaban J connectivity index is 1.98. The number of nitrogens with one attached hydrogen (secondary N) is 2. The van der Waals surface area contributed by atoms with Crippen molar-refractivity contribution in [2.75, 3.05) is 6.61 Å². The van der Waals surface area contributed by atoms with Gasteiger partial charge in [-0.05, 0) is 33.1 Å². The Hall–Kier alpha value is -1.43. The molecule has 94 valence electrons. The molecule has 2 rings (SSSR count). The van der Waals surface area contributed by atoms with Crippen molar-refractivity contribution >= 4 is 5.91 Å². The molecule has 0 bridgehead atoms. The number of H-pyrrole nitrogens is 1. The SMILES string of the molecule is CC(C)(CCO)NC(=O)c1n[nH]c(C2CC2)n1. The minimum Gasteiger partial charge on any atom is -0.396 e. The molecule has 0 unspecified atom stereocenters. The van der Waals surface area contributed by atoms with Crippen LogP contribution in [0.3, 0.4) is 0 Å². The van der Waals surface area contributed by atoms with Crippen molar-refractivity contribution in [3.63, 3.8) is 0 Å². The molecule has 1 aromatic rings. The summed E-state index contributed by atoms with van der Waals surface area (Å²) in [6.07, 6.45) is 2.73. The summed E-state index contributed by atoms with van der Waals surface area (Å²) in [5.41, 5.74) is -0.452. The lowest BCUT2D eigenvalue weighted by Crippen LogP contribution is -2.44. The fourth-order valence-corrected chi connectivity index (χ4v) is 1.62. The van der Waals surface area contributed by atoms with E-state index < -0.39 is 5.54 Å². The van der Waals surface area contributed by atoms with E-state index >= 15 is 0 Å². The Morgan fingerprint density at radius 2 is 2.29 bits per heavy atom. The number of aromatic amines is 1. The van der Waals surface area contributed by atoms with E-state index in [2.05, 4.69) is 20.5 Å². The molecule has 1 amide bonds. The zero-order valence-corrected chi connectivity index (χ0v) is 10.2. The van der Waals surface area contributed by atoms with E-state index in [0.29, 0.717) is 12.3 Å². The van der Waals surface area contributed by atoms with Crippen LogP contribution in [0.2, 0.25) is 0 Å². The first-order chi connectivity index (χ1) is 8.02. The molecule has 0 aliphatic heterocycles. The molecule has 1 fully saturated rings. The number of rotatable bonds is 5. The maximum absolute atomic E-state index is 11.9. The van der Waals surface area contributed by atoms with Crippen molar-refractivity contribution in [1.29, 1.82) is 0 Å². The van der Waals surface area contributed by atoms with Gasteiger partial charge in [-0.25, -0.2) is 4.98 Å². The molecule has 0 atom stereocenters. The quantitative estimate of drug-likeness (QED) is 0.699. The predicted molar refractivity (Wildman–Crippen MR) is 61.6 cm³/mol. The van der Waals surface area contributed by atoms with Crippen LogP contribution in [-0.4, -0.2) is 38.3 Å². The number of aliphatic hydroxyl groups excluding tert-OH is 1. The van der Waals surface area contributed by atoms with Gasteiger partial charge in [0.05, 0.1) is 0 Å². The molecule has 3 N–H and O–H groups in total. The number of hydrogen-bond donors (Lipinski definition) is 3. The first-order valence-corrected chi connectivity index (χ1v) is 5.87. The molecular formula is C11H18N4O2. The molecule has 0 radical (unpaired) electrons. The maximum atomic E-state index is 11.9. The van der Waals surface area contributed by atoms with E-state index in [1.165, 1.54) is 0 Å². The second-order valence-corrected chi connectivity index (χ2v) is 5.13. The smallest absolute Gasteiger partial charge is 0.291 e. The minimum atomic E-state index is -0.452. The Labute approximate surface area is 99.8 Å². The van der Waals surface area contributed by atoms with E-state index in [1.54, 1.807) is 0 Å². The van der Waals surface area contributed by atoms with Gasteiger partial charge < -0.3 is 10.4 Å². The summed E-state index contributed by atoms with van der Waals surface area (Å²) < 4.78 is 0. The molecular weight excluding hydrogens is 220 g/mol. The summed E-state index contributed by atoms with van der Waals surface area (Å²) >= 11 is 0. The second-order valence-electron chi connectivity index (χ2n) is 5.13. The van der Waals surface area contributed by atoms with E-state index in [1.807, 2.05) is 13.8 Å². The van der Waals surface area contributed by atoms with Crippen molar-refractivity contribution in [1.82, 2.24) is 20.5 Å². The summed E-state index contributed by atoms with van der Waals surface area (Å²) in [6.45, 7) is 3.75. The van der Waals surface area contributed by atoms with Crippen LogP contribution in [0.4, 0.5) is 0 Å². The van der Waals surface area contributed by atoms with Crippen LogP contribution in [0.15, 0.2) is 0 Å². The van der Waals surface area contributed by atoms with Crippen LogP contribution in [-0.2, 0) is 0 Å². The number of aromatic nitrogens is 3. The molecule has 17 heavy (non-hydrogen) atoms. The molecule has 6 heteroatoms. The molecule has 1 heterocycles. The van der Waals surface area contributed by atoms with Gasteiger partial charge in [-0.3, -0.25) is 9.89 Å². The summed E-state index contributed by atoms with van der Waals surface area (Å²) in [4.78, 5) is 16.0. The molecule has 0 spiro atoms. The van der Waals surface area contributed by atoms with Gasteiger partial charge >= 0.3 is 0 Å². The highest BCUT2D eigenvalue weighted by Crippen LogP contribution is 2.37. The van der Waals surface area contributed by atoms with Gasteiger partial charge in [0.15, 0.2) is 0 Å². The van der Waals surface area contributed by atoms with Crippen LogP contribution in [0, 0.1) is 0 Å². The summed E-state index contributed by atoms with van der Waals surface area (Å²) in [5, 5.41) is 18.4. The van der Waals surface area contributed by atoms with Crippen LogP contribution in [0.1, 0.15) is 55.5 Å². The number of hydrogen-bond acceptors (Lipinski definition) is 4. The number of aliphatic hydroxyl groups is 1. The predicted octanol–water partition coefficient (Wildman–Crippen LogP) is 0.573. The lowest BCUT2D eigenvalue weighted by Gasteiger charge is -2.24. The molecule has 0 saturated heterocycles. The third kappa shape index (κ3) is 3.03. The van der Waals surface area contributed by atoms with Crippen molar-refractivity contribution in [2.45, 2.75) is 44.6 Å². The lowest BCUT2D eigenvalue weighted by molar-refractivity contribution is 0.0889. The highest BCUT2D eigenvalue weighted by atomic mass is 16.3. The number of nitrogens with zero attached hydrogens (tertiary/aromatic N) is 2. The van der Waals surface area contributed by atoms with Crippen LogP contribution < -0.4 is 5.32 Å². The highest BCUT2D eigenvalue weighted by Gasteiger charge is 2.29. The Morgan fingerprint density at radius 3 is 2.88 bits per heavy atom. The average Bonchev–Trinajstić information content (AvgIpc) is 2.95. The molecule has 1 saturated carbocycles. The van der Waals surface area contributed by atoms with Gasteiger partial charge in [-0.2, -0.15) is 0 Å². The van der Waals surface area contributed by atoms with Gasteiger partial charge in [-0.1, -0.05) is 0 Å². The van der Waals surface area contributed by atoms with E-state index in [4.69, 9.17) is 5.11 Å². The van der Waals surface area contributed by atoms with Gasteiger partial charge in [0.1, 0.15) is 5.82 Å². The second kappa shape index (κ2) is 4.44. The van der Waals surface area contributed by atoms with Crippen molar-refractivity contribution in [2.24, 2.45) is 0 Å². The topological polar surface area (TPSA) is 90.9 Å². The molecule has 1 aliphatic rings.